The van der Waals surface area contributed by atoms with Crippen molar-refractivity contribution in [3.63, 3.8) is 0 Å². The van der Waals surface area contributed by atoms with Crippen molar-refractivity contribution in [1.29, 1.82) is 0 Å². The predicted octanol–water partition coefficient (Wildman–Crippen LogP) is 3.97. The van der Waals surface area contributed by atoms with Crippen LogP contribution in [0.1, 0.15) is 48.3 Å². The van der Waals surface area contributed by atoms with Crippen molar-refractivity contribution < 1.29 is 4.74 Å². The number of ether oxygens (including phenoxy) is 1. The Morgan fingerprint density at radius 1 is 1.04 bits per heavy atom. The number of aromatic nitrogens is 1. The fourth-order valence-electron chi connectivity index (χ4n) is 5.00. The minimum atomic E-state index is 0.0557. The topological polar surface area (TPSA) is 25.4 Å². The van der Waals surface area contributed by atoms with Gasteiger partial charge in [-0.2, -0.15) is 0 Å². The van der Waals surface area contributed by atoms with E-state index in [4.69, 9.17) is 4.74 Å². The molecule has 5 rings (SSSR count). The Kier molecular flexibility index (Phi) is 3.78. The average molecular weight is 334 g/mol. The zero-order chi connectivity index (χ0) is 16.7. The normalized spacial score (nSPS) is 24.6. The molecule has 0 bridgehead atoms. The highest BCUT2D eigenvalue weighted by Crippen LogP contribution is 2.40. The number of hydrogen-bond acceptors (Lipinski definition) is 3. The highest BCUT2D eigenvalue weighted by molar-refractivity contribution is 5.35. The molecule has 25 heavy (non-hydrogen) atoms. The number of hydrogen-bond donors (Lipinski definition) is 0. The molecule has 3 nitrogen and oxygen atoms in total. The lowest BCUT2D eigenvalue weighted by Gasteiger charge is -2.45. The van der Waals surface area contributed by atoms with Crippen LogP contribution in [0.15, 0.2) is 42.7 Å². The molecule has 0 saturated carbocycles. The summed E-state index contributed by atoms with van der Waals surface area (Å²) >= 11 is 0. The summed E-state index contributed by atoms with van der Waals surface area (Å²) in [6, 6.07) is 11.1. The van der Waals surface area contributed by atoms with Crippen LogP contribution in [-0.2, 0) is 12.8 Å². The van der Waals surface area contributed by atoms with E-state index in [1.165, 1.54) is 24.9 Å². The minimum absolute atomic E-state index is 0.0557. The molecular formula is C22H26N2O. The van der Waals surface area contributed by atoms with Crippen molar-refractivity contribution in [3.05, 3.63) is 59.4 Å². The molecule has 2 aliphatic heterocycles. The number of piperidine rings is 1. The fraction of sp³-hybridized carbons (Fsp3) is 0.500. The van der Waals surface area contributed by atoms with Gasteiger partial charge in [0, 0.05) is 25.8 Å². The van der Waals surface area contributed by atoms with Crippen LogP contribution in [-0.4, -0.2) is 35.1 Å². The second kappa shape index (κ2) is 6.14. The Bertz CT molecular complexity index is 764. The minimum Gasteiger partial charge on any atom is -0.485 e. The van der Waals surface area contributed by atoms with Crippen LogP contribution in [0.4, 0.5) is 0 Å². The smallest absolute Gasteiger partial charge is 0.141 e. The van der Waals surface area contributed by atoms with Crippen molar-refractivity contribution in [1.82, 2.24) is 9.88 Å². The first-order valence-corrected chi connectivity index (χ1v) is 9.73. The number of pyridine rings is 1. The third-order valence-corrected chi connectivity index (χ3v) is 6.55. The third kappa shape index (κ3) is 2.85. The molecule has 1 spiro atoms. The zero-order valence-corrected chi connectivity index (χ0v) is 14.8. The van der Waals surface area contributed by atoms with Crippen molar-refractivity contribution in [2.24, 2.45) is 0 Å². The number of rotatable bonds is 2. The van der Waals surface area contributed by atoms with E-state index in [9.17, 15) is 0 Å². The molecule has 2 aromatic rings. The quantitative estimate of drug-likeness (QED) is 0.831. The monoisotopic (exact) mass is 334 g/mol. The summed E-state index contributed by atoms with van der Waals surface area (Å²) in [5, 5.41) is 0. The average Bonchev–Trinajstić information content (AvgIpc) is 3.07. The molecule has 0 N–H and O–H groups in total. The van der Waals surface area contributed by atoms with E-state index in [1.807, 2.05) is 12.4 Å². The van der Waals surface area contributed by atoms with Crippen molar-refractivity contribution in [2.75, 3.05) is 19.6 Å². The summed E-state index contributed by atoms with van der Waals surface area (Å²) in [6.45, 7) is 3.54. The number of nitrogens with zero attached hydrogens (tertiary/aromatic N) is 2. The highest BCUT2D eigenvalue weighted by Gasteiger charge is 2.40. The standard InChI is InChI=1S/C22H26N2O/c1-2-4-20-17(3-1)5-6-19(20)16-24-13-10-22(11-14-24)9-7-18-8-12-23-15-21(18)25-22/h1-4,8,12,15,19H,5-7,9-11,13-14,16H2. The van der Waals surface area contributed by atoms with Gasteiger partial charge < -0.3 is 9.64 Å². The number of fused-ring (bicyclic) bond motifs is 2. The summed E-state index contributed by atoms with van der Waals surface area (Å²) in [5.41, 5.74) is 4.54. The van der Waals surface area contributed by atoms with E-state index in [1.54, 1.807) is 11.1 Å². The van der Waals surface area contributed by atoms with Crippen LogP contribution in [0.2, 0.25) is 0 Å². The molecule has 1 aromatic carbocycles. The molecule has 3 aliphatic rings. The van der Waals surface area contributed by atoms with Gasteiger partial charge in [0.25, 0.3) is 0 Å². The molecule has 3 heterocycles. The van der Waals surface area contributed by atoms with E-state index >= 15 is 0 Å². The summed E-state index contributed by atoms with van der Waals surface area (Å²) < 4.78 is 6.45. The number of aryl methyl sites for hydroxylation is 2. The molecule has 0 radical (unpaired) electrons. The molecule has 1 aromatic heterocycles. The molecule has 1 saturated heterocycles. The lowest BCUT2D eigenvalue weighted by Crippen LogP contribution is -2.50. The summed E-state index contributed by atoms with van der Waals surface area (Å²) in [4.78, 5) is 6.91. The van der Waals surface area contributed by atoms with Crippen LogP contribution < -0.4 is 4.74 Å². The van der Waals surface area contributed by atoms with Crippen LogP contribution in [0, 0.1) is 0 Å². The van der Waals surface area contributed by atoms with E-state index < -0.39 is 0 Å². The fourth-order valence-corrected chi connectivity index (χ4v) is 5.00. The molecule has 1 unspecified atom stereocenters. The van der Waals surface area contributed by atoms with Crippen molar-refractivity contribution in [2.45, 2.75) is 50.0 Å². The Morgan fingerprint density at radius 2 is 1.92 bits per heavy atom. The lowest BCUT2D eigenvalue weighted by molar-refractivity contribution is -0.0159. The van der Waals surface area contributed by atoms with E-state index in [-0.39, 0.29) is 5.60 Å². The van der Waals surface area contributed by atoms with Gasteiger partial charge in [-0.1, -0.05) is 24.3 Å². The Morgan fingerprint density at radius 3 is 2.84 bits per heavy atom. The van der Waals surface area contributed by atoms with Crippen LogP contribution in [0.5, 0.6) is 5.75 Å². The van der Waals surface area contributed by atoms with Gasteiger partial charge in [-0.25, -0.2) is 0 Å². The summed E-state index contributed by atoms with van der Waals surface area (Å²) in [5.74, 6) is 1.74. The lowest BCUT2D eigenvalue weighted by atomic mass is 9.83. The van der Waals surface area contributed by atoms with Crippen LogP contribution >= 0.6 is 0 Å². The molecule has 130 valence electrons. The van der Waals surface area contributed by atoms with E-state index in [2.05, 4.69) is 40.2 Å². The van der Waals surface area contributed by atoms with E-state index in [0.717, 1.165) is 50.4 Å². The van der Waals surface area contributed by atoms with Gasteiger partial charge in [0.05, 0.1) is 6.20 Å². The molecule has 1 atom stereocenters. The summed E-state index contributed by atoms with van der Waals surface area (Å²) in [7, 11) is 0. The Labute approximate surface area is 150 Å². The van der Waals surface area contributed by atoms with E-state index in [0.29, 0.717) is 0 Å². The van der Waals surface area contributed by atoms with Gasteiger partial charge in [-0.05, 0) is 67.2 Å². The van der Waals surface area contributed by atoms with Crippen LogP contribution in [0.3, 0.4) is 0 Å². The molecule has 3 heteroatoms. The molecule has 1 aliphatic carbocycles. The van der Waals surface area contributed by atoms with Gasteiger partial charge >= 0.3 is 0 Å². The van der Waals surface area contributed by atoms with Gasteiger partial charge in [-0.15, -0.1) is 0 Å². The van der Waals surface area contributed by atoms with Crippen LogP contribution in [0.25, 0.3) is 0 Å². The number of benzene rings is 1. The van der Waals surface area contributed by atoms with Gasteiger partial charge in [0.15, 0.2) is 0 Å². The zero-order valence-electron chi connectivity index (χ0n) is 14.8. The predicted molar refractivity (Wildman–Crippen MR) is 99.1 cm³/mol. The Balaban J connectivity index is 1.23. The molecule has 1 fully saturated rings. The maximum atomic E-state index is 6.45. The Hall–Kier alpha value is -1.87. The second-order valence-corrected chi connectivity index (χ2v) is 8.00. The first kappa shape index (κ1) is 15.4. The number of likely N-dealkylation sites (tertiary alicyclic amines) is 1. The van der Waals surface area contributed by atoms with Crippen molar-refractivity contribution in [3.8, 4) is 5.75 Å². The highest BCUT2D eigenvalue weighted by atomic mass is 16.5. The second-order valence-electron chi connectivity index (χ2n) is 8.00. The SMILES string of the molecule is c1ccc2c(c1)CCC2CN1CCC2(CCc3ccncc3O2)CC1. The first-order valence-electron chi connectivity index (χ1n) is 9.73. The maximum absolute atomic E-state index is 6.45. The molecule has 0 amide bonds. The van der Waals surface area contributed by atoms with Crippen molar-refractivity contribution >= 4 is 0 Å². The van der Waals surface area contributed by atoms with Gasteiger partial charge in [0.2, 0.25) is 0 Å². The maximum Gasteiger partial charge on any atom is 0.141 e. The first-order chi connectivity index (χ1) is 12.3. The third-order valence-electron chi connectivity index (χ3n) is 6.55. The summed E-state index contributed by atoms with van der Waals surface area (Å²) in [6.07, 6.45) is 10.9. The van der Waals surface area contributed by atoms with Gasteiger partial charge in [0.1, 0.15) is 11.4 Å². The molecular weight excluding hydrogens is 308 g/mol. The van der Waals surface area contributed by atoms with Gasteiger partial charge in [-0.3, -0.25) is 4.98 Å². The largest absolute Gasteiger partial charge is 0.485 e.